The van der Waals surface area contributed by atoms with Crippen molar-refractivity contribution in [2.75, 3.05) is 14.2 Å². The summed E-state index contributed by atoms with van der Waals surface area (Å²) < 4.78 is 35.6. The van der Waals surface area contributed by atoms with Crippen molar-refractivity contribution < 1.29 is 32.6 Å². The van der Waals surface area contributed by atoms with E-state index in [9.17, 15) is 23.2 Å². The Labute approximate surface area is 138 Å². The van der Waals surface area contributed by atoms with Crippen molar-refractivity contribution in [3.05, 3.63) is 35.4 Å². The number of nitrogens with one attached hydrogen (secondary N) is 1. The SMILES string of the molecule is COC(=O)C[C@H](C)[C@H](NC(=O)Cc1ccc(F)cc1F)C(=O)OC. The molecule has 1 aromatic rings. The summed E-state index contributed by atoms with van der Waals surface area (Å²) in [6.07, 6.45) is -0.494. The standard InChI is InChI=1S/C16H19F2NO5/c1-9(6-14(21)23-2)15(16(22)24-3)19-13(20)7-10-4-5-11(17)8-12(10)18/h4-5,8-9,15H,6-7H2,1-3H3,(H,19,20)/t9-,15-/m0/s1. The van der Waals surface area contributed by atoms with Crippen LogP contribution in [0.2, 0.25) is 0 Å². The number of rotatable bonds is 7. The van der Waals surface area contributed by atoms with Crippen LogP contribution in [0.5, 0.6) is 0 Å². The Morgan fingerprint density at radius 3 is 2.38 bits per heavy atom. The first-order valence-electron chi connectivity index (χ1n) is 7.16. The number of halogens is 2. The second-order valence-electron chi connectivity index (χ2n) is 5.24. The van der Waals surface area contributed by atoms with Gasteiger partial charge in [-0.3, -0.25) is 9.59 Å². The average Bonchev–Trinajstić information content (AvgIpc) is 2.54. The third-order valence-corrected chi connectivity index (χ3v) is 3.42. The van der Waals surface area contributed by atoms with E-state index >= 15 is 0 Å². The summed E-state index contributed by atoms with van der Waals surface area (Å²) in [4.78, 5) is 35.2. The van der Waals surface area contributed by atoms with Crippen LogP contribution in [0.1, 0.15) is 18.9 Å². The van der Waals surface area contributed by atoms with Crippen molar-refractivity contribution in [1.82, 2.24) is 5.32 Å². The zero-order valence-corrected chi connectivity index (χ0v) is 13.6. The molecule has 0 spiro atoms. The first-order chi connectivity index (χ1) is 11.3. The van der Waals surface area contributed by atoms with Crippen molar-refractivity contribution in [2.45, 2.75) is 25.8 Å². The van der Waals surface area contributed by atoms with Gasteiger partial charge in [0.1, 0.15) is 17.7 Å². The molecule has 0 aromatic heterocycles. The number of amides is 1. The first-order valence-corrected chi connectivity index (χ1v) is 7.16. The normalized spacial score (nSPS) is 12.9. The van der Waals surface area contributed by atoms with E-state index in [1.165, 1.54) is 7.11 Å². The Bertz CT molecular complexity index is 620. The molecule has 1 rings (SSSR count). The average molecular weight is 343 g/mol. The highest BCUT2D eigenvalue weighted by Crippen LogP contribution is 2.13. The number of carbonyl (C=O) groups excluding carboxylic acids is 3. The van der Waals surface area contributed by atoms with E-state index in [1.54, 1.807) is 6.92 Å². The van der Waals surface area contributed by atoms with Crippen LogP contribution in [0, 0.1) is 17.6 Å². The molecule has 0 fully saturated rings. The zero-order valence-electron chi connectivity index (χ0n) is 13.6. The molecule has 0 saturated carbocycles. The molecular formula is C16H19F2NO5. The fraction of sp³-hybridized carbons (Fsp3) is 0.438. The Balaban J connectivity index is 2.80. The van der Waals surface area contributed by atoms with Crippen LogP contribution in [0.4, 0.5) is 8.78 Å². The number of carbonyl (C=O) groups is 3. The lowest BCUT2D eigenvalue weighted by Crippen LogP contribution is -2.47. The number of methoxy groups -OCH3 is 2. The predicted molar refractivity (Wildman–Crippen MR) is 79.8 cm³/mol. The molecule has 6 nitrogen and oxygen atoms in total. The quantitative estimate of drug-likeness (QED) is 0.756. The van der Waals surface area contributed by atoms with Crippen molar-refractivity contribution in [3.8, 4) is 0 Å². The van der Waals surface area contributed by atoms with E-state index in [0.717, 1.165) is 19.2 Å². The number of ether oxygens (including phenoxy) is 2. The van der Waals surface area contributed by atoms with E-state index in [-0.39, 0.29) is 18.4 Å². The fourth-order valence-electron chi connectivity index (χ4n) is 2.09. The molecule has 132 valence electrons. The lowest BCUT2D eigenvalue weighted by molar-refractivity contribution is -0.148. The van der Waals surface area contributed by atoms with Gasteiger partial charge in [-0.05, 0) is 17.5 Å². The lowest BCUT2D eigenvalue weighted by atomic mass is 9.97. The Morgan fingerprint density at radius 1 is 1.17 bits per heavy atom. The van der Waals surface area contributed by atoms with Crippen LogP contribution < -0.4 is 5.32 Å². The van der Waals surface area contributed by atoms with Crippen molar-refractivity contribution in [1.29, 1.82) is 0 Å². The van der Waals surface area contributed by atoms with Gasteiger partial charge in [-0.2, -0.15) is 0 Å². The molecule has 0 aliphatic rings. The van der Waals surface area contributed by atoms with E-state index in [0.29, 0.717) is 6.07 Å². The molecular weight excluding hydrogens is 324 g/mol. The smallest absolute Gasteiger partial charge is 0.328 e. The molecule has 24 heavy (non-hydrogen) atoms. The van der Waals surface area contributed by atoms with E-state index in [2.05, 4.69) is 14.8 Å². The number of esters is 2. The molecule has 0 bridgehead atoms. The van der Waals surface area contributed by atoms with Gasteiger partial charge in [0.25, 0.3) is 0 Å². The third kappa shape index (κ3) is 5.60. The van der Waals surface area contributed by atoms with E-state index in [4.69, 9.17) is 0 Å². The minimum Gasteiger partial charge on any atom is -0.469 e. The lowest BCUT2D eigenvalue weighted by Gasteiger charge is -2.22. The van der Waals surface area contributed by atoms with Gasteiger partial charge in [0.05, 0.1) is 27.1 Å². The summed E-state index contributed by atoms with van der Waals surface area (Å²) in [6, 6.07) is 1.75. The van der Waals surface area contributed by atoms with Gasteiger partial charge in [-0.15, -0.1) is 0 Å². The van der Waals surface area contributed by atoms with Crippen LogP contribution in [-0.4, -0.2) is 38.1 Å². The summed E-state index contributed by atoms with van der Waals surface area (Å²) >= 11 is 0. The fourth-order valence-corrected chi connectivity index (χ4v) is 2.09. The summed E-state index contributed by atoms with van der Waals surface area (Å²) in [5, 5.41) is 2.41. The molecule has 0 heterocycles. The van der Waals surface area contributed by atoms with Crippen LogP contribution in [-0.2, 0) is 30.3 Å². The van der Waals surface area contributed by atoms with Gasteiger partial charge in [-0.1, -0.05) is 13.0 Å². The van der Waals surface area contributed by atoms with Crippen LogP contribution >= 0.6 is 0 Å². The second-order valence-corrected chi connectivity index (χ2v) is 5.24. The summed E-state index contributed by atoms with van der Waals surface area (Å²) in [5.41, 5.74) is -0.0156. The maximum absolute atomic E-state index is 13.6. The van der Waals surface area contributed by atoms with Crippen molar-refractivity contribution in [2.24, 2.45) is 5.92 Å². The molecule has 0 aliphatic carbocycles. The van der Waals surface area contributed by atoms with Crippen molar-refractivity contribution in [3.63, 3.8) is 0 Å². The molecule has 0 saturated heterocycles. The van der Waals surface area contributed by atoms with Gasteiger partial charge >= 0.3 is 11.9 Å². The minimum absolute atomic E-state index is 0.0156. The monoisotopic (exact) mass is 343 g/mol. The number of hydrogen-bond donors (Lipinski definition) is 1. The van der Waals surface area contributed by atoms with Crippen LogP contribution in [0.15, 0.2) is 18.2 Å². The highest BCUT2D eigenvalue weighted by atomic mass is 19.1. The van der Waals surface area contributed by atoms with Gasteiger partial charge in [0.15, 0.2) is 0 Å². The minimum atomic E-state index is -1.09. The largest absolute Gasteiger partial charge is 0.469 e. The molecule has 1 N–H and O–H groups in total. The first kappa shape index (κ1) is 19.5. The van der Waals surface area contributed by atoms with Crippen LogP contribution in [0.3, 0.4) is 0 Å². The Kier molecular flexibility index (Phi) is 7.29. The highest BCUT2D eigenvalue weighted by Gasteiger charge is 2.29. The van der Waals surface area contributed by atoms with Gasteiger partial charge in [0.2, 0.25) is 5.91 Å². The van der Waals surface area contributed by atoms with E-state index in [1.807, 2.05) is 0 Å². The molecule has 1 amide bonds. The number of hydrogen-bond acceptors (Lipinski definition) is 5. The summed E-state index contributed by atoms with van der Waals surface area (Å²) in [6.45, 7) is 1.57. The van der Waals surface area contributed by atoms with Crippen LogP contribution in [0.25, 0.3) is 0 Å². The van der Waals surface area contributed by atoms with Gasteiger partial charge in [-0.25, -0.2) is 13.6 Å². The predicted octanol–water partition coefficient (Wildman–Crippen LogP) is 1.36. The van der Waals surface area contributed by atoms with Gasteiger partial charge in [0, 0.05) is 6.07 Å². The maximum Gasteiger partial charge on any atom is 0.328 e. The maximum atomic E-state index is 13.6. The summed E-state index contributed by atoms with van der Waals surface area (Å²) in [5.74, 6) is -4.15. The number of benzene rings is 1. The van der Waals surface area contributed by atoms with E-state index < -0.39 is 41.4 Å². The molecule has 8 heteroatoms. The molecule has 0 aliphatic heterocycles. The molecule has 0 unspecified atom stereocenters. The Hall–Kier alpha value is -2.51. The topological polar surface area (TPSA) is 81.7 Å². The molecule has 1 aromatic carbocycles. The second kappa shape index (κ2) is 8.95. The molecule has 0 radical (unpaired) electrons. The summed E-state index contributed by atoms with van der Waals surface area (Å²) in [7, 11) is 2.35. The van der Waals surface area contributed by atoms with Crippen molar-refractivity contribution >= 4 is 17.8 Å². The third-order valence-electron chi connectivity index (χ3n) is 3.42. The highest BCUT2D eigenvalue weighted by molar-refractivity contribution is 5.86. The zero-order chi connectivity index (χ0) is 18.3. The van der Waals surface area contributed by atoms with Gasteiger partial charge < -0.3 is 14.8 Å². The Morgan fingerprint density at radius 2 is 1.83 bits per heavy atom. The molecule has 2 atom stereocenters.